The van der Waals surface area contributed by atoms with Crippen LogP contribution < -0.4 is 104 Å². The molecule has 0 saturated heterocycles. The first kappa shape index (κ1) is 74.6. The largest absolute Gasteiger partial charge is 1.00 e. The number of phosphoric acid groups is 3. The van der Waals surface area contributed by atoms with Crippen molar-refractivity contribution in [3.05, 3.63) is 0 Å². The minimum Gasteiger partial charge on any atom is -0.547 e. The zero-order valence-electron chi connectivity index (χ0n) is 28.8. The molecule has 0 aliphatic heterocycles. The Balaban J connectivity index is -0.0000000985. The molecule has 0 saturated carbocycles. The zero-order chi connectivity index (χ0) is 41.4. The number of rotatable bonds is 21. The second kappa shape index (κ2) is 34.7. The first-order valence-electron chi connectivity index (χ1n) is 12.6. The fourth-order valence-corrected chi connectivity index (χ4v) is 3.52. The van der Waals surface area contributed by atoms with Gasteiger partial charge in [-0.2, -0.15) is 0 Å². The number of carboxylic acids is 3. The van der Waals surface area contributed by atoms with Crippen molar-refractivity contribution in [2.24, 2.45) is 0 Å². The average molecular weight is 930 g/mol. The Morgan fingerprint density at radius 3 is 0.643 bits per heavy atom. The number of aliphatic hydroxyl groups excluding tert-OH is 12. The van der Waals surface area contributed by atoms with Crippen LogP contribution in [-0.4, -0.2) is 213 Å². The van der Waals surface area contributed by atoms with Crippen molar-refractivity contribution in [1.82, 2.24) is 0 Å². The van der Waals surface area contributed by atoms with Crippen molar-refractivity contribution < 1.29 is 247 Å². The van der Waals surface area contributed by atoms with Gasteiger partial charge in [-0.3, -0.25) is 13.6 Å². The van der Waals surface area contributed by atoms with E-state index in [1.165, 1.54) is 0 Å². The number of carbonyl (C=O) groups excluding carboxylic acids is 3. The third-order valence-corrected chi connectivity index (χ3v) is 6.62. The predicted molar refractivity (Wildman–Crippen MR) is 148 cm³/mol. The van der Waals surface area contributed by atoms with E-state index in [1.807, 2.05) is 0 Å². The molecule has 0 aliphatic rings. The molecule has 56 heavy (non-hydrogen) atoms. The second-order valence-electron chi connectivity index (χ2n) is 9.30. The first-order valence-corrected chi connectivity index (χ1v) is 17.2. The number of aliphatic carboxylic acids is 3. The van der Waals surface area contributed by atoms with Crippen LogP contribution in [0.3, 0.4) is 0 Å². The molecule has 38 heteroatoms. The summed E-state index contributed by atoms with van der Waals surface area (Å²) in [5, 5.41) is 138. The van der Waals surface area contributed by atoms with Crippen LogP contribution >= 0.6 is 23.5 Å². The number of hydrogen-bond donors (Lipinski definition) is 18. The summed E-state index contributed by atoms with van der Waals surface area (Å²) in [5.74, 6) is -6.25. The Hall–Kier alpha value is 1.18. The molecule has 0 rings (SSSR count). The van der Waals surface area contributed by atoms with E-state index in [1.54, 1.807) is 0 Å². The standard InChI is InChI=1S/3C6H13O10P.3Na.2H2O/c3*7-2(1-16-17(13,14)15)3(8)4(9)5(10)6(11)12;;;;;/h3*2-5,7-10H,1H2,(H,11,12)(H2,13,14,15);;;;2*1H2/q;;;3*+1;;/p-3. The number of carbonyl (C=O) groups is 3. The van der Waals surface area contributed by atoms with E-state index >= 15 is 0 Å². The van der Waals surface area contributed by atoms with E-state index in [4.69, 9.17) is 90.6 Å². The maximum atomic E-state index is 10.2. The van der Waals surface area contributed by atoms with Crippen LogP contribution in [-0.2, 0) is 41.6 Å². The van der Waals surface area contributed by atoms with Crippen molar-refractivity contribution in [2.45, 2.75) is 73.2 Å². The van der Waals surface area contributed by atoms with Crippen molar-refractivity contribution in [3.8, 4) is 0 Å². The summed E-state index contributed by atoms with van der Waals surface area (Å²) in [7, 11) is -14.6. The summed E-state index contributed by atoms with van der Waals surface area (Å²) in [5.41, 5.74) is 0. The maximum absolute atomic E-state index is 10.2. The minimum atomic E-state index is -4.88. The molecule has 0 aromatic carbocycles. The molecule has 0 aliphatic carbocycles. The quantitative estimate of drug-likeness (QED) is 0.0375. The fraction of sp³-hybridized carbons (Fsp3) is 0.833. The van der Waals surface area contributed by atoms with Gasteiger partial charge in [-0.15, -0.1) is 0 Å². The van der Waals surface area contributed by atoms with E-state index < -0.39 is 134 Å². The van der Waals surface area contributed by atoms with Crippen molar-refractivity contribution in [3.63, 3.8) is 0 Å². The average Bonchev–Trinajstić information content (AvgIpc) is 3.00. The smallest absolute Gasteiger partial charge is 0.547 e. The first-order chi connectivity index (χ1) is 22.7. The summed E-state index contributed by atoms with van der Waals surface area (Å²) in [6, 6.07) is 0. The van der Waals surface area contributed by atoms with E-state index in [0.29, 0.717) is 0 Å². The third kappa shape index (κ3) is 35.9. The molecule has 0 amide bonds. The molecule has 0 heterocycles. The summed E-state index contributed by atoms with van der Waals surface area (Å²) < 4.78 is 42.1. The monoisotopic (exact) mass is 930 g/mol. The number of hydrogen-bond acceptors (Lipinski definition) is 24. The Morgan fingerprint density at radius 2 is 0.536 bits per heavy atom. The number of aliphatic hydroxyl groups is 12. The van der Waals surface area contributed by atoms with Crippen LogP contribution in [0.2, 0.25) is 0 Å². The Kier molecular flexibility index (Phi) is 46.3. The van der Waals surface area contributed by atoms with E-state index in [0.717, 1.165) is 0 Å². The summed E-state index contributed by atoms with van der Waals surface area (Å²) >= 11 is 0. The van der Waals surface area contributed by atoms with Gasteiger partial charge in [-0.05, 0) is 0 Å². The van der Waals surface area contributed by atoms with E-state index in [9.17, 15) is 43.4 Å². The van der Waals surface area contributed by atoms with Crippen molar-refractivity contribution >= 4 is 41.4 Å². The molecule has 0 fully saturated rings. The molecule has 0 aromatic heterocycles. The normalized spacial score (nSPS) is 17.7. The summed E-state index contributed by atoms with van der Waals surface area (Å²) in [6.45, 7) is -3.20. The van der Waals surface area contributed by atoms with Crippen LogP contribution in [0.4, 0.5) is 0 Å². The van der Waals surface area contributed by atoms with Gasteiger partial charge in [-0.25, -0.2) is 13.7 Å². The third-order valence-electron chi connectivity index (χ3n) is 5.17. The van der Waals surface area contributed by atoms with Gasteiger partial charge in [0, 0.05) is 0 Å². The Labute approximate surface area is 378 Å². The van der Waals surface area contributed by atoms with Crippen LogP contribution in [0.1, 0.15) is 0 Å². The summed E-state index contributed by atoms with van der Waals surface area (Å²) in [4.78, 5) is 79.9. The van der Waals surface area contributed by atoms with Crippen LogP contribution in [0.5, 0.6) is 0 Å². The maximum Gasteiger partial charge on any atom is 1.00 e. The molecule has 12 atom stereocenters. The van der Waals surface area contributed by atoms with Crippen molar-refractivity contribution in [1.29, 1.82) is 0 Å². The van der Waals surface area contributed by atoms with Crippen molar-refractivity contribution in [2.75, 3.05) is 19.8 Å². The van der Waals surface area contributed by atoms with Gasteiger partial charge in [0.2, 0.25) is 0 Å². The molecule has 0 aromatic rings. The molecule has 0 bridgehead atoms. The van der Waals surface area contributed by atoms with Gasteiger partial charge in [0.05, 0.1) is 37.7 Å². The molecule has 0 radical (unpaired) electrons. The van der Waals surface area contributed by atoms with Gasteiger partial charge in [0.25, 0.3) is 0 Å². The summed E-state index contributed by atoms with van der Waals surface area (Å²) in [6.07, 6.45) is -26.9. The Bertz CT molecular complexity index is 1060. The SMILES string of the molecule is O.O.O=C([O-])C(O)C(O)C(O)C(O)COP(=O)(O)O.O=C([O-])C(O)C(O)C(O)C(O)COP(=O)(O)O.O=C([O-])C(O)C(O)C(O)C(O)COP(=O)(O)O.[Na+].[Na+].[Na+]. The van der Waals surface area contributed by atoms with Crippen LogP contribution in [0, 0.1) is 0 Å². The van der Waals surface area contributed by atoms with Gasteiger partial charge >= 0.3 is 112 Å². The zero-order valence-corrected chi connectivity index (χ0v) is 37.5. The second-order valence-corrected chi connectivity index (χ2v) is 13.0. The van der Waals surface area contributed by atoms with Gasteiger partial charge in [0.15, 0.2) is 0 Å². The molecule has 12 unspecified atom stereocenters. The number of phosphoric ester groups is 3. The molecule has 32 nitrogen and oxygen atoms in total. The Morgan fingerprint density at radius 1 is 0.393 bits per heavy atom. The van der Waals surface area contributed by atoms with Gasteiger partial charge in [0.1, 0.15) is 73.2 Å². The molecular formula is C18H40Na3O32P3. The molecule has 322 valence electrons. The van der Waals surface area contributed by atoms with Gasteiger partial charge in [-0.1, -0.05) is 0 Å². The van der Waals surface area contributed by atoms with Crippen LogP contribution in [0.15, 0.2) is 0 Å². The molecule has 0 spiro atoms. The predicted octanol–water partition coefficient (Wildman–Crippen LogP) is -24.8. The van der Waals surface area contributed by atoms with E-state index in [-0.39, 0.29) is 99.6 Å². The molecule has 22 N–H and O–H groups in total. The minimum absolute atomic E-state index is 0. The molecular weight excluding hydrogens is 890 g/mol. The fourth-order valence-electron chi connectivity index (χ4n) is 2.48. The number of carboxylic acid groups (broad SMARTS) is 3. The van der Waals surface area contributed by atoms with E-state index in [2.05, 4.69) is 13.6 Å². The topological polar surface area (TPSA) is 626 Å². The van der Waals surface area contributed by atoms with Crippen LogP contribution in [0.25, 0.3) is 0 Å². The van der Waals surface area contributed by atoms with Gasteiger partial charge < -0.3 is 131 Å².